The first-order valence-corrected chi connectivity index (χ1v) is 4.52. The van der Waals surface area contributed by atoms with Crippen molar-refractivity contribution in [2.75, 3.05) is 7.11 Å². The molecule has 0 radical (unpaired) electrons. The molecule has 0 aliphatic heterocycles. The number of methoxy groups -OCH3 is 1. The molecule has 0 N–H and O–H groups in total. The molecule has 0 amide bonds. The summed E-state index contributed by atoms with van der Waals surface area (Å²) in [4.78, 5) is 11.0. The van der Waals surface area contributed by atoms with Crippen LogP contribution in [0.2, 0.25) is 0 Å². The van der Waals surface area contributed by atoms with Crippen LogP contribution in [0.4, 0.5) is 0 Å². The van der Waals surface area contributed by atoms with Gasteiger partial charge in [-0.2, -0.15) is 0 Å². The molecular formula is C9H14O3. The third-order valence-electron chi connectivity index (χ3n) is 2.73. The van der Waals surface area contributed by atoms with Gasteiger partial charge in [-0.15, -0.1) is 0 Å². The molecule has 0 bridgehead atoms. The smallest absolute Gasteiger partial charge is 0.166 e. The Morgan fingerprint density at radius 3 is 2.58 bits per heavy atom. The Morgan fingerprint density at radius 2 is 2.17 bits per heavy atom. The lowest BCUT2D eigenvalue weighted by Gasteiger charge is -2.38. The van der Waals surface area contributed by atoms with Gasteiger partial charge in [-0.1, -0.05) is 0 Å². The van der Waals surface area contributed by atoms with E-state index < -0.39 is 0 Å². The van der Waals surface area contributed by atoms with Gasteiger partial charge < -0.3 is 9.47 Å². The molecule has 2 atom stereocenters. The predicted molar refractivity (Wildman–Crippen MR) is 42.9 cm³/mol. The van der Waals surface area contributed by atoms with E-state index in [1.54, 1.807) is 7.11 Å². The Hall–Kier alpha value is -0.410. The third-order valence-corrected chi connectivity index (χ3v) is 2.73. The first-order valence-electron chi connectivity index (χ1n) is 4.52. The van der Waals surface area contributed by atoms with Gasteiger partial charge in [-0.05, 0) is 19.3 Å². The molecule has 12 heavy (non-hydrogen) atoms. The van der Waals surface area contributed by atoms with Gasteiger partial charge in [0.2, 0.25) is 0 Å². The fourth-order valence-corrected chi connectivity index (χ4v) is 1.63. The Bertz CT molecular complexity index is 186. The summed E-state index contributed by atoms with van der Waals surface area (Å²) in [6, 6.07) is 0. The van der Waals surface area contributed by atoms with Crippen molar-refractivity contribution in [1.82, 2.24) is 0 Å². The van der Waals surface area contributed by atoms with Gasteiger partial charge in [0.25, 0.3) is 0 Å². The van der Waals surface area contributed by atoms with Crippen LogP contribution in [-0.2, 0) is 14.3 Å². The van der Waals surface area contributed by atoms with Gasteiger partial charge in [-0.25, -0.2) is 0 Å². The molecule has 3 heteroatoms. The average Bonchev–Trinajstić information content (AvgIpc) is 1.94. The standard InChI is InChI=1S/C9H14O3/c1-11-9-7(10)5-8(9)12-6-3-2-4-6/h6,8-9H,2-5H2,1H3. The van der Waals surface area contributed by atoms with Crippen LogP contribution >= 0.6 is 0 Å². The highest BCUT2D eigenvalue weighted by atomic mass is 16.5. The van der Waals surface area contributed by atoms with Crippen molar-refractivity contribution in [3.63, 3.8) is 0 Å². The SMILES string of the molecule is COC1C(=O)CC1OC1CCC1. The molecule has 0 aromatic rings. The van der Waals surface area contributed by atoms with Crippen molar-refractivity contribution >= 4 is 5.78 Å². The Morgan fingerprint density at radius 1 is 1.42 bits per heavy atom. The van der Waals surface area contributed by atoms with Gasteiger partial charge in [0.15, 0.2) is 5.78 Å². The maximum absolute atomic E-state index is 11.0. The fraction of sp³-hybridized carbons (Fsp3) is 0.889. The van der Waals surface area contributed by atoms with Crippen LogP contribution in [-0.4, -0.2) is 31.2 Å². The summed E-state index contributed by atoms with van der Waals surface area (Å²) < 4.78 is 10.7. The lowest BCUT2D eigenvalue weighted by Crippen LogP contribution is -2.52. The molecule has 0 aromatic heterocycles. The molecule has 2 unspecified atom stereocenters. The maximum Gasteiger partial charge on any atom is 0.166 e. The van der Waals surface area contributed by atoms with E-state index in [1.165, 1.54) is 6.42 Å². The van der Waals surface area contributed by atoms with Gasteiger partial charge in [0.05, 0.1) is 12.2 Å². The first kappa shape index (κ1) is 8.20. The highest BCUT2D eigenvalue weighted by Gasteiger charge is 2.42. The van der Waals surface area contributed by atoms with E-state index >= 15 is 0 Å². The number of Topliss-reactive ketones (excluding diaryl/α,β-unsaturated/α-hetero) is 1. The molecule has 3 nitrogen and oxygen atoms in total. The van der Waals surface area contributed by atoms with Gasteiger partial charge in [0.1, 0.15) is 6.10 Å². The van der Waals surface area contributed by atoms with Crippen molar-refractivity contribution in [2.24, 2.45) is 0 Å². The van der Waals surface area contributed by atoms with E-state index in [0.717, 1.165) is 12.8 Å². The monoisotopic (exact) mass is 170 g/mol. The molecule has 2 saturated carbocycles. The second kappa shape index (κ2) is 3.15. The Labute approximate surface area is 72.0 Å². The summed E-state index contributed by atoms with van der Waals surface area (Å²) in [5, 5.41) is 0. The second-order valence-electron chi connectivity index (χ2n) is 3.55. The number of ether oxygens (including phenoxy) is 2. The minimum Gasteiger partial charge on any atom is -0.371 e. The number of carbonyl (C=O) groups excluding carboxylic acids is 1. The van der Waals surface area contributed by atoms with Crippen LogP contribution in [0.1, 0.15) is 25.7 Å². The minimum absolute atomic E-state index is 0.0489. The zero-order chi connectivity index (χ0) is 8.55. The van der Waals surface area contributed by atoms with Crippen LogP contribution in [0, 0.1) is 0 Å². The topological polar surface area (TPSA) is 35.5 Å². The third kappa shape index (κ3) is 1.27. The molecule has 2 rings (SSSR count). The van der Waals surface area contributed by atoms with Crippen molar-refractivity contribution in [1.29, 1.82) is 0 Å². The summed E-state index contributed by atoms with van der Waals surface area (Å²) in [5.74, 6) is 0.182. The summed E-state index contributed by atoms with van der Waals surface area (Å²) >= 11 is 0. The minimum atomic E-state index is -0.273. The highest BCUT2D eigenvalue weighted by molar-refractivity contribution is 5.90. The Balaban J connectivity index is 1.77. The van der Waals surface area contributed by atoms with Crippen molar-refractivity contribution in [3.05, 3.63) is 0 Å². The molecular weight excluding hydrogens is 156 g/mol. The number of rotatable bonds is 3. The van der Waals surface area contributed by atoms with E-state index in [4.69, 9.17) is 9.47 Å². The lowest BCUT2D eigenvalue weighted by molar-refractivity contribution is -0.174. The highest BCUT2D eigenvalue weighted by Crippen LogP contribution is 2.30. The molecule has 2 aliphatic rings. The van der Waals surface area contributed by atoms with Crippen LogP contribution < -0.4 is 0 Å². The number of ketones is 1. The summed E-state index contributed by atoms with van der Waals surface area (Å²) in [5.41, 5.74) is 0. The molecule has 2 aliphatic carbocycles. The Kier molecular flexibility index (Phi) is 2.15. The van der Waals surface area contributed by atoms with E-state index in [1.807, 2.05) is 0 Å². The zero-order valence-corrected chi connectivity index (χ0v) is 7.29. The van der Waals surface area contributed by atoms with Crippen LogP contribution in [0.3, 0.4) is 0 Å². The summed E-state index contributed by atoms with van der Waals surface area (Å²) in [7, 11) is 1.57. The van der Waals surface area contributed by atoms with E-state index in [2.05, 4.69) is 0 Å². The number of hydrogen-bond acceptors (Lipinski definition) is 3. The van der Waals surface area contributed by atoms with Gasteiger partial charge in [0, 0.05) is 13.5 Å². The molecule has 0 aromatic carbocycles. The van der Waals surface area contributed by atoms with Gasteiger partial charge >= 0.3 is 0 Å². The quantitative estimate of drug-likeness (QED) is 0.631. The first-order chi connectivity index (χ1) is 5.81. The molecule has 0 spiro atoms. The predicted octanol–water partition coefficient (Wildman–Crippen LogP) is 0.912. The lowest BCUT2D eigenvalue weighted by atomic mass is 9.88. The summed E-state index contributed by atoms with van der Waals surface area (Å²) in [6.07, 6.45) is 4.31. The molecule has 0 saturated heterocycles. The van der Waals surface area contributed by atoms with Crippen molar-refractivity contribution in [2.45, 2.75) is 44.0 Å². The van der Waals surface area contributed by atoms with Crippen molar-refractivity contribution < 1.29 is 14.3 Å². The second-order valence-corrected chi connectivity index (χ2v) is 3.55. The van der Waals surface area contributed by atoms with E-state index in [9.17, 15) is 4.79 Å². The van der Waals surface area contributed by atoms with E-state index in [0.29, 0.717) is 12.5 Å². The van der Waals surface area contributed by atoms with Gasteiger partial charge in [-0.3, -0.25) is 4.79 Å². The molecule has 68 valence electrons. The van der Waals surface area contributed by atoms with Crippen LogP contribution in [0.5, 0.6) is 0 Å². The normalized spacial score (nSPS) is 35.9. The fourth-order valence-electron chi connectivity index (χ4n) is 1.63. The summed E-state index contributed by atoms with van der Waals surface area (Å²) in [6.45, 7) is 0. The zero-order valence-electron chi connectivity index (χ0n) is 7.29. The van der Waals surface area contributed by atoms with Crippen molar-refractivity contribution in [3.8, 4) is 0 Å². The molecule has 0 heterocycles. The van der Waals surface area contributed by atoms with Crippen LogP contribution in [0.25, 0.3) is 0 Å². The average molecular weight is 170 g/mol. The van der Waals surface area contributed by atoms with Crippen LogP contribution in [0.15, 0.2) is 0 Å². The number of carbonyl (C=O) groups is 1. The largest absolute Gasteiger partial charge is 0.371 e. The maximum atomic E-state index is 11.0. The molecule has 2 fully saturated rings. The van der Waals surface area contributed by atoms with E-state index in [-0.39, 0.29) is 18.0 Å². The number of hydrogen-bond donors (Lipinski definition) is 0.